The highest BCUT2D eigenvalue weighted by Gasteiger charge is 2.55. The lowest BCUT2D eigenvalue weighted by Gasteiger charge is -2.47. The van der Waals surface area contributed by atoms with Crippen LogP contribution < -0.4 is 0 Å². The van der Waals surface area contributed by atoms with Gasteiger partial charge in [0.2, 0.25) is 4.93 Å². The van der Waals surface area contributed by atoms with Crippen molar-refractivity contribution in [3.05, 3.63) is 10.4 Å². The molecule has 0 aliphatic carbocycles. The van der Waals surface area contributed by atoms with Crippen molar-refractivity contribution >= 4 is 23.5 Å². The van der Waals surface area contributed by atoms with Gasteiger partial charge in [0.25, 0.3) is 0 Å². The summed E-state index contributed by atoms with van der Waals surface area (Å²) in [5.41, 5.74) is 8.26. The SMILES string of the molecule is C.C.C.C.C.C.C.C.C.COC(=O)[C@@]1(SCC2O[C@@H](OCCCCC(=O)CCCCCN=[N+]=[N-])C(O)[C@@H](O)[C@H]2O)C[C@@H](O)[C@@H](C)C([C@H](O)[C@H](O)CO)O1. The Morgan fingerprint density at radius 3 is 2.00 bits per heavy atom. The molecule has 2 aliphatic rings. The van der Waals surface area contributed by atoms with Crippen LogP contribution >= 0.6 is 11.8 Å². The summed E-state index contributed by atoms with van der Waals surface area (Å²) in [6.07, 6.45) is -9.29. The summed E-state index contributed by atoms with van der Waals surface area (Å²) in [6, 6.07) is 0. The highest BCUT2D eigenvalue weighted by Crippen LogP contribution is 2.44. The molecule has 7 N–H and O–H groups in total. The van der Waals surface area contributed by atoms with Gasteiger partial charge in [-0.3, -0.25) is 4.79 Å². The molecule has 2 fully saturated rings. The zero-order valence-corrected chi connectivity index (χ0v) is 25.9. The molecule has 0 aromatic rings. The number of rotatable bonds is 19. The zero-order valence-electron chi connectivity index (χ0n) is 25.1. The fourth-order valence-corrected chi connectivity index (χ4v) is 6.46. The van der Waals surface area contributed by atoms with Crippen molar-refractivity contribution in [3.8, 4) is 0 Å². The maximum Gasteiger partial charge on any atom is 0.348 e. The van der Waals surface area contributed by atoms with Gasteiger partial charge in [0.1, 0.15) is 36.3 Å². The summed E-state index contributed by atoms with van der Waals surface area (Å²) >= 11 is 0.782. The molecule has 16 nitrogen and oxygen atoms in total. The summed E-state index contributed by atoms with van der Waals surface area (Å²) in [5, 5.41) is 75.4. The van der Waals surface area contributed by atoms with Crippen molar-refractivity contribution < 1.29 is 64.3 Å². The first-order valence-corrected chi connectivity index (χ1v) is 15.8. The fourth-order valence-electron chi connectivity index (χ4n) is 5.09. The predicted octanol–water partition coefficient (Wildman–Crippen LogP) is 5.25. The molecule has 0 aromatic heterocycles. The molecule has 17 heteroatoms. The molecule has 0 saturated carbocycles. The molecule has 2 aliphatic heterocycles. The second-order valence-electron chi connectivity index (χ2n) is 11.2. The second kappa shape index (κ2) is 34.9. The quantitative estimate of drug-likeness (QED) is 0.0290. The van der Waals surface area contributed by atoms with Gasteiger partial charge in [-0.2, -0.15) is 0 Å². The van der Waals surface area contributed by atoms with Crippen molar-refractivity contribution in [1.29, 1.82) is 0 Å². The number of carbonyl (C=O) groups excluding carboxylic acids is 2. The molecule has 11 atom stereocenters. The van der Waals surface area contributed by atoms with E-state index >= 15 is 0 Å². The maximum atomic E-state index is 12.9. The molecular weight excluding hydrogens is 714 g/mol. The number of methoxy groups -OCH3 is 1. The topological polar surface area (TPSA) is 261 Å². The average molecular weight is 798 g/mol. The van der Waals surface area contributed by atoms with Gasteiger partial charge in [0.15, 0.2) is 6.29 Å². The Kier molecular flexibility index (Phi) is 45.6. The van der Waals surface area contributed by atoms with Crippen LogP contribution in [0, 0.1) is 5.92 Å². The Morgan fingerprint density at radius 1 is 0.906 bits per heavy atom. The first kappa shape index (κ1) is 69.3. The number of aliphatic hydroxyl groups excluding tert-OH is 7. The van der Waals surface area contributed by atoms with Crippen LogP contribution in [0.15, 0.2) is 5.11 Å². The number of hydrogen-bond acceptors (Lipinski definition) is 15. The summed E-state index contributed by atoms with van der Waals surface area (Å²) in [6.45, 7) is 1.26. The molecule has 0 bridgehead atoms. The number of Topliss-reactive ketones (excluding diaryl/α,β-unsaturated/α-hetero) is 1. The summed E-state index contributed by atoms with van der Waals surface area (Å²) in [5.74, 6) is -1.75. The molecule has 3 unspecified atom stereocenters. The van der Waals surface area contributed by atoms with E-state index in [1.807, 2.05) is 0 Å². The van der Waals surface area contributed by atoms with E-state index in [1.54, 1.807) is 6.92 Å². The van der Waals surface area contributed by atoms with Gasteiger partial charge in [-0.25, -0.2) is 4.79 Å². The minimum Gasteiger partial charge on any atom is -0.466 e. The largest absolute Gasteiger partial charge is 0.466 e. The third-order valence-corrected chi connectivity index (χ3v) is 9.29. The van der Waals surface area contributed by atoms with E-state index in [9.17, 15) is 45.3 Å². The molecule has 2 heterocycles. The van der Waals surface area contributed by atoms with Crippen LogP contribution in [-0.2, 0) is 28.5 Å². The number of thioether (sulfide) groups is 1. The predicted molar refractivity (Wildman–Crippen MR) is 216 cm³/mol. The number of ketones is 1. The molecule has 0 spiro atoms. The Labute approximate surface area is 326 Å². The third kappa shape index (κ3) is 20.2. The summed E-state index contributed by atoms with van der Waals surface area (Å²) in [4.78, 5) is 25.8. The average Bonchev–Trinajstić information content (AvgIpc) is 3.02. The van der Waals surface area contributed by atoms with E-state index in [-0.39, 0.29) is 91.4 Å². The molecule has 0 amide bonds. The zero-order chi connectivity index (χ0) is 32.9. The fraction of sp³-hybridized carbons (Fsp3) is 0.944. The van der Waals surface area contributed by atoms with Gasteiger partial charge in [0.05, 0.1) is 32.0 Å². The lowest BCUT2D eigenvalue weighted by Crippen LogP contribution is -2.61. The van der Waals surface area contributed by atoms with Gasteiger partial charge in [0, 0.05) is 49.0 Å². The number of unbranched alkanes of at least 4 members (excludes halogenated alkanes) is 3. The third-order valence-electron chi connectivity index (χ3n) is 7.90. The van der Waals surface area contributed by atoms with Crippen LogP contribution in [0.5, 0.6) is 0 Å². The van der Waals surface area contributed by atoms with E-state index in [0.717, 1.165) is 31.7 Å². The van der Waals surface area contributed by atoms with Crippen molar-refractivity contribution in [2.24, 2.45) is 11.0 Å². The normalized spacial score (nSPS) is 27.9. The molecule has 0 radical (unpaired) electrons. The number of nitrogens with zero attached hydrogens (tertiary/aromatic N) is 3. The highest BCUT2D eigenvalue weighted by atomic mass is 32.2. The number of aliphatic hydroxyl groups is 7. The number of carbonyl (C=O) groups is 2. The second-order valence-corrected chi connectivity index (χ2v) is 12.4. The lowest BCUT2D eigenvalue weighted by molar-refractivity contribution is -0.292. The molecule has 0 aromatic carbocycles. The minimum atomic E-state index is -1.90. The Bertz CT molecular complexity index is 950. The van der Waals surface area contributed by atoms with E-state index in [4.69, 9.17) is 24.5 Å². The van der Waals surface area contributed by atoms with Crippen LogP contribution in [0.4, 0.5) is 0 Å². The number of hydrogen-bond donors (Lipinski definition) is 7. The van der Waals surface area contributed by atoms with Crippen LogP contribution in [0.2, 0.25) is 0 Å². The Balaban J connectivity index is -0.000000375. The first-order valence-electron chi connectivity index (χ1n) is 14.8. The van der Waals surface area contributed by atoms with Crippen molar-refractivity contribution in [2.75, 3.05) is 32.6 Å². The van der Waals surface area contributed by atoms with E-state index in [0.29, 0.717) is 38.6 Å². The minimum absolute atomic E-state index is 0. The van der Waals surface area contributed by atoms with Crippen LogP contribution in [0.25, 0.3) is 10.4 Å². The van der Waals surface area contributed by atoms with Gasteiger partial charge in [-0.05, 0) is 31.2 Å². The van der Waals surface area contributed by atoms with E-state index in [2.05, 4.69) is 10.0 Å². The molecule has 2 rings (SSSR count). The van der Waals surface area contributed by atoms with Gasteiger partial charge < -0.3 is 54.7 Å². The lowest BCUT2D eigenvalue weighted by atomic mass is 9.85. The van der Waals surface area contributed by atoms with Crippen molar-refractivity contribution in [3.63, 3.8) is 0 Å². The highest BCUT2D eigenvalue weighted by molar-refractivity contribution is 8.01. The molecular formula is C36H83N3O13S. The van der Waals surface area contributed by atoms with E-state index in [1.165, 1.54) is 0 Å². The Hall–Kier alpha value is -1.60. The Morgan fingerprint density at radius 2 is 1.47 bits per heavy atom. The number of ether oxygens (including phenoxy) is 4. The van der Waals surface area contributed by atoms with Crippen LogP contribution in [-0.4, -0.2) is 140 Å². The van der Waals surface area contributed by atoms with E-state index < -0.39 is 78.5 Å². The van der Waals surface area contributed by atoms with Gasteiger partial charge in [-0.15, -0.1) is 11.8 Å². The number of azide groups is 1. The maximum absolute atomic E-state index is 12.9. The first-order chi connectivity index (χ1) is 20.9. The number of esters is 1. The molecule has 326 valence electrons. The van der Waals surface area contributed by atoms with Crippen molar-refractivity contribution in [1.82, 2.24) is 0 Å². The van der Waals surface area contributed by atoms with Crippen LogP contribution in [0.1, 0.15) is 125 Å². The monoisotopic (exact) mass is 798 g/mol. The smallest absolute Gasteiger partial charge is 0.348 e. The molecule has 53 heavy (non-hydrogen) atoms. The van der Waals surface area contributed by atoms with Gasteiger partial charge >= 0.3 is 5.97 Å². The van der Waals surface area contributed by atoms with Crippen molar-refractivity contribution in [2.45, 2.75) is 185 Å². The van der Waals surface area contributed by atoms with Crippen LogP contribution in [0.3, 0.4) is 0 Å². The molecule has 2 saturated heterocycles. The standard InChI is InChI=1S/C27H47N3O13S.9CH4/c1-15-17(33)12-27(26(39)40-2,43-24(15)20(35)18(34)13-31)44-14-19-21(36)22(37)23(38)25(42-19)41-11-7-5-9-16(32)8-4-3-6-10-29-30-28;;;;;;;;;/h15,17-25,31,33-38H,3-14H2,1-2H3;9*1H4/t15-,17-,18-,19?,20-,21+,22+,23?,24?,25-,27+;;;;;;;;;/m1........./s1. The summed E-state index contributed by atoms with van der Waals surface area (Å²) in [7, 11) is 1.10. The van der Waals surface area contributed by atoms with Gasteiger partial charge in [-0.1, -0.05) is 85.3 Å². The summed E-state index contributed by atoms with van der Waals surface area (Å²) < 4.78 is 22.2.